The average Bonchev–Trinajstić information content (AvgIpc) is 3.12. The van der Waals surface area contributed by atoms with Crippen molar-refractivity contribution in [1.29, 1.82) is 0 Å². The highest BCUT2D eigenvalue weighted by Gasteiger charge is 2.12. The molecule has 27 heavy (non-hydrogen) atoms. The molecule has 7 heteroatoms. The minimum Gasteiger partial charge on any atom is -0.462 e. The van der Waals surface area contributed by atoms with Gasteiger partial charge in [0.15, 0.2) is 0 Å². The number of esters is 1. The zero-order valence-electron chi connectivity index (χ0n) is 14.5. The van der Waals surface area contributed by atoms with Crippen molar-refractivity contribution in [2.24, 2.45) is 0 Å². The van der Waals surface area contributed by atoms with E-state index in [-0.39, 0.29) is 11.5 Å². The number of hydrogen-bond donors (Lipinski definition) is 2. The molecule has 0 saturated heterocycles. The Labute approximate surface area is 154 Å². The normalized spacial score (nSPS) is 10.9. The summed E-state index contributed by atoms with van der Waals surface area (Å²) in [5, 5.41) is 7.46. The van der Waals surface area contributed by atoms with Crippen LogP contribution in [0.25, 0.3) is 33.4 Å². The summed E-state index contributed by atoms with van der Waals surface area (Å²) in [6.45, 7) is 2.08. The van der Waals surface area contributed by atoms with Crippen LogP contribution in [0.5, 0.6) is 0 Å². The van der Waals surface area contributed by atoms with Crippen LogP contribution in [0.2, 0.25) is 0 Å². The Bertz CT molecular complexity index is 1180. The van der Waals surface area contributed by atoms with Crippen LogP contribution in [0.4, 0.5) is 0 Å². The van der Waals surface area contributed by atoms with Gasteiger partial charge in [-0.05, 0) is 49.4 Å². The number of nitrogens with one attached hydrogen (secondary N) is 2. The van der Waals surface area contributed by atoms with Crippen LogP contribution < -0.4 is 5.56 Å². The summed E-state index contributed by atoms with van der Waals surface area (Å²) in [4.78, 5) is 31.4. The van der Waals surface area contributed by atoms with Gasteiger partial charge in [-0.1, -0.05) is 0 Å². The molecule has 1 aromatic carbocycles. The number of H-pyrrole nitrogens is 2. The maximum absolute atomic E-state index is 12.3. The number of pyridine rings is 1. The van der Waals surface area contributed by atoms with E-state index in [1.54, 1.807) is 43.6 Å². The van der Waals surface area contributed by atoms with Gasteiger partial charge in [0.25, 0.3) is 5.56 Å². The van der Waals surface area contributed by atoms with E-state index in [0.717, 1.165) is 16.5 Å². The van der Waals surface area contributed by atoms with Crippen LogP contribution in [0.15, 0.2) is 59.7 Å². The molecule has 2 N–H and O–H groups in total. The largest absolute Gasteiger partial charge is 0.462 e. The smallest absolute Gasteiger partial charge is 0.338 e. The molecular formula is C20H16N4O3. The van der Waals surface area contributed by atoms with Gasteiger partial charge in [-0.2, -0.15) is 5.10 Å². The lowest BCUT2D eigenvalue weighted by atomic mass is 10.1. The Morgan fingerprint density at radius 1 is 1.11 bits per heavy atom. The molecule has 134 valence electrons. The van der Waals surface area contributed by atoms with Crippen molar-refractivity contribution in [2.75, 3.05) is 6.61 Å². The summed E-state index contributed by atoms with van der Waals surface area (Å²) in [5.41, 5.74) is 3.58. The highest BCUT2D eigenvalue weighted by molar-refractivity contribution is 5.96. The molecule has 0 spiro atoms. The molecule has 7 nitrogen and oxygen atoms in total. The first-order valence-corrected chi connectivity index (χ1v) is 8.46. The Hall–Kier alpha value is -3.74. The molecule has 0 aliphatic rings. The number of hydrogen-bond acceptors (Lipinski definition) is 5. The van der Waals surface area contributed by atoms with Gasteiger partial charge in [-0.15, -0.1) is 0 Å². The standard InChI is InChI=1S/C20H16N4O3/c1-2-27-20(26)13-3-4-16-14(9-13)10-18(22-16)15-11-17(23-24-19(15)25)12-5-7-21-8-6-12/h3-11,22H,2H2,1H3,(H,24,25). The molecule has 0 bridgehead atoms. The molecule has 4 rings (SSSR count). The SMILES string of the molecule is CCOC(=O)c1ccc2[nH]c(-c3cc(-c4ccncc4)n[nH]c3=O)cc2c1. The van der Waals surface area contributed by atoms with Crippen molar-refractivity contribution in [3.63, 3.8) is 0 Å². The summed E-state index contributed by atoms with van der Waals surface area (Å²) in [7, 11) is 0. The van der Waals surface area contributed by atoms with Crippen molar-refractivity contribution in [2.45, 2.75) is 6.92 Å². The van der Waals surface area contributed by atoms with E-state index in [4.69, 9.17) is 4.74 Å². The van der Waals surface area contributed by atoms with Gasteiger partial charge in [0.1, 0.15) is 0 Å². The molecule has 3 aromatic heterocycles. The number of nitrogens with zero attached hydrogens (tertiary/aromatic N) is 2. The maximum Gasteiger partial charge on any atom is 0.338 e. The second kappa shape index (κ2) is 6.87. The predicted molar refractivity (Wildman–Crippen MR) is 101 cm³/mol. The van der Waals surface area contributed by atoms with Crippen molar-refractivity contribution in [3.8, 4) is 22.5 Å². The summed E-state index contributed by atoms with van der Waals surface area (Å²) in [6.07, 6.45) is 3.34. The summed E-state index contributed by atoms with van der Waals surface area (Å²) >= 11 is 0. The van der Waals surface area contributed by atoms with E-state index in [0.29, 0.717) is 29.1 Å². The zero-order valence-corrected chi connectivity index (χ0v) is 14.5. The third-order valence-corrected chi connectivity index (χ3v) is 4.20. The molecule has 0 atom stereocenters. The molecule has 0 unspecified atom stereocenters. The first-order valence-electron chi connectivity index (χ1n) is 8.46. The number of ether oxygens (including phenoxy) is 1. The number of benzene rings is 1. The minimum absolute atomic E-state index is 0.301. The van der Waals surface area contributed by atoms with E-state index in [9.17, 15) is 9.59 Å². The number of carbonyl (C=O) groups excluding carboxylic acids is 1. The molecule has 0 fully saturated rings. The van der Waals surface area contributed by atoms with E-state index in [2.05, 4.69) is 20.2 Å². The van der Waals surface area contributed by atoms with Crippen LogP contribution in [0.3, 0.4) is 0 Å². The molecule has 0 aliphatic heterocycles. The summed E-state index contributed by atoms with van der Waals surface area (Å²) in [5.74, 6) is -0.371. The van der Waals surface area contributed by atoms with Crippen molar-refractivity contribution >= 4 is 16.9 Å². The highest BCUT2D eigenvalue weighted by atomic mass is 16.5. The molecule has 4 aromatic rings. The Kier molecular flexibility index (Phi) is 4.25. The molecule has 0 radical (unpaired) electrons. The maximum atomic E-state index is 12.3. The molecule has 3 heterocycles. The fraction of sp³-hybridized carbons (Fsp3) is 0.100. The van der Waals surface area contributed by atoms with Gasteiger partial charge >= 0.3 is 5.97 Å². The fourth-order valence-corrected chi connectivity index (χ4v) is 2.90. The monoisotopic (exact) mass is 360 g/mol. The number of carbonyl (C=O) groups is 1. The first kappa shape index (κ1) is 16.7. The third-order valence-electron chi connectivity index (χ3n) is 4.20. The van der Waals surface area contributed by atoms with Crippen molar-refractivity contribution in [1.82, 2.24) is 20.2 Å². The van der Waals surface area contributed by atoms with E-state index in [1.165, 1.54) is 0 Å². The lowest BCUT2D eigenvalue weighted by molar-refractivity contribution is 0.0526. The lowest BCUT2D eigenvalue weighted by Gasteiger charge is -2.02. The Balaban J connectivity index is 1.78. The second-order valence-corrected chi connectivity index (χ2v) is 5.94. The van der Waals surface area contributed by atoms with Gasteiger partial charge < -0.3 is 9.72 Å². The number of rotatable bonds is 4. The Morgan fingerprint density at radius 3 is 2.70 bits per heavy atom. The predicted octanol–water partition coefficient (Wildman–Crippen LogP) is 3.16. The highest BCUT2D eigenvalue weighted by Crippen LogP contribution is 2.25. The van der Waals surface area contributed by atoms with Gasteiger partial charge in [-0.25, -0.2) is 9.89 Å². The molecule has 0 aliphatic carbocycles. The quantitative estimate of drug-likeness (QED) is 0.545. The van der Waals surface area contributed by atoms with Crippen molar-refractivity contribution < 1.29 is 9.53 Å². The number of fused-ring (bicyclic) bond motifs is 1. The minimum atomic E-state index is -0.371. The average molecular weight is 360 g/mol. The van der Waals surface area contributed by atoms with Crippen LogP contribution >= 0.6 is 0 Å². The lowest BCUT2D eigenvalue weighted by Crippen LogP contribution is -2.11. The van der Waals surface area contributed by atoms with Crippen molar-refractivity contribution in [3.05, 3.63) is 70.8 Å². The number of aromatic amines is 2. The van der Waals surface area contributed by atoms with Gasteiger partial charge in [0.2, 0.25) is 0 Å². The topological polar surface area (TPSA) is 101 Å². The van der Waals surface area contributed by atoms with Gasteiger partial charge in [0.05, 0.1) is 29.1 Å². The molecule has 0 amide bonds. The fourth-order valence-electron chi connectivity index (χ4n) is 2.90. The summed E-state index contributed by atoms with van der Waals surface area (Å²) in [6, 6.07) is 12.4. The van der Waals surface area contributed by atoms with E-state index in [1.807, 2.05) is 18.2 Å². The zero-order chi connectivity index (χ0) is 18.8. The van der Waals surface area contributed by atoms with Crippen LogP contribution in [-0.4, -0.2) is 32.7 Å². The van der Waals surface area contributed by atoms with Gasteiger partial charge in [-0.3, -0.25) is 9.78 Å². The van der Waals surface area contributed by atoms with Crippen LogP contribution in [0.1, 0.15) is 17.3 Å². The summed E-state index contributed by atoms with van der Waals surface area (Å²) < 4.78 is 5.03. The van der Waals surface area contributed by atoms with Crippen LogP contribution in [-0.2, 0) is 4.74 Å². The first-order chi connectivity index (χ1) is 13.2. The third kappa shape index (κ3) is 3.22. The molecular weight excluding hydrogens is 344 g/mol. The second-order valence-electron chi connectivity index (χ2n) is 5.94. The molecule has 0 saturated carbocycles. The van der Waals surface area contributed by atoms with E-state index < -0.39 is 0 Å². The van der Waals surface area contributed by atoms with Gasteiger partial charge in [0, 0.05) is 28.9 Å². The van der Waals surface area contributed by atoms with E-state index >= 15 is 0 Å². The number of aromatic nitrogens is 4. The Morgan fingerprint density at radius 2 is 1.93 bits per heavy atom. The van der Waals surface area contributed by atoms with Crippen LogP contribution in [0, 0.1) is 0 Å².